The Kier molecular flexibility index (Phi) is 46.5. The third-order valence-corrected chi connectivity index (χ3v) is 13.8. The lowest BCUT2D eigenvalue weighted by atomic mass is 9.92. The standard InChI is InChI=1S/C59H110N2O12/c1-6-11-16-19-21-29-45-68-58(69-46-30-22-20-17-12-7-2)39-38-56(64)72-50-52(48-70-54(62)35-26-23-31-44-67-57(65)47-51(32-15-10-5)33-24-14-9-4)49-71-55(63)37-36-53(34-25-18-13-8-3)73-59(66)60-40-43-61-41-27-28-42-61/h51-53,58H,6-50H2,1-5H3,(H,60,66). The summed E-state index contributed by atoms with van der Waals surface area (Å²) in [5, 5.41) is 2.88. The molecule has 0 aromatic rings. The fourth-order valence-electron chi connectivity index (χ4n) is 9.05. The molecule has 1 N–H and O–H groups in total. The van der Waals surface area contributed by atoms with E-state index in [0.29, 0.717) is 77.2 Å². The van der Waals surface area contributed by atoms with Crippen molar-refractivity contribution in [1.29, 1.82) is 0 Å². The molecule has 1 aliphatic heterocycles. The van der Waals surface area contributed by atoms with Crippen LogP contribution in [-0.4, -0.2) is 113 Å². The Morgan fingerprint density at radius 1 is 0.438 bits per heavy atom. The van der Waals surface area contributed by atoms with Crippen LogP contribution in [0.3, 0.4) is 0 Å². The summed E-state index contributed by atoms with van der Waals surface area (Å²) in [6, 6.07) is 0. The van der Waals surface area contributed by atoms with Gasteiger partial charge in [0.05, 0.1) is 18.9 Å². The lowest BCUT2D eigenvalue weighted by Crippen LogP contribution is -2.35. The van der Waals surface area contributed by atoms with Gasteiger partial charge in [0.2, 0.25) is 0 Å². The molecule has 1 fully saturated rings. The van der Waals surface area contributed by atoms with E-state index in [2.05, 4.69) is 44.8 Å². The van der Waals surface area contributed by atoms with Gasteiger partial charge in [0.25, 0.3) is 0 Å². The minimum atomic E-state index is -0.592. The molecule has 1 amide bonds. The van der Waals surface area contributed by atoms with Crippen molar-refractivity contribution in [3.8, 4) is 0 Å². The number of unbranched alkanes of at least 4 members (excludes halogenated alkanes) is 18. The van der Waals surface area contributed by atoms with E-state index >= 15 is 0 Å². The maximum atomic E-state index is 13.2. The first-order valence-electron chi connectivity index (χ1n) is 30.2. The second-order valence-electron chi connectivity index (χ2n) is 20.8. The topological polar surface area (TPSA) is 165 Å². The number of hydrogen-bond donors (Lipinski definition) is 1. The highest BCUT2D eigenvalue weighted by atomic mass is 16.7. The van der Waals surface area contributed by atoms with E-state index in [-0.39, 0.29) is 45.1 Å². The third kappa shape index (κ3) is 42.9. The molecule has 1 rings (SSSR count). The van der Waals surface area contributed by atoms with Gasteiger partial charge in [0.15, 0.2) is 6.29 Å². The molecule has 3 atom stereocenters. The number of rotatable bonds is 52. The predicted molar refractivity (Wildman–Crippen MR) is 291 cm³/mol. The summed E-state index contributed by atoms with van der Waals surface area (Å²) >= 11 is 0. The van der Waals surface area contributed by atoms with Gasteiger partial charge in [-0.1, -0.05) is 150 Å². The van der Waals surface area contributed by atoms with Crippen molar-refractivity contribution in [2.24, 2.45) is 11.8 Å². The highest BCUT2D eigenvalue weighted by Gasteiger charge is 2.22. The van der Waals surface area contributed by atoms with Crippen LogP contribution in [0.15, 0.2) is 0 Å². The molecule has 0 bridgehead atoms. The van der Waals surface area contributed by atoms with Gasteiger partial charge in [0, 0.05) is 52.0 Å². The van der Waals surface area contributed by atoms with Gasteiger partial charge in [-0.2, -0.15) is 0 Å². The summed E-state index contributed by atoms with van der Waals surface area (Å²) in [5.41, 5.74) is 0. The first kappa shape index (κ1) is 68.0. The normalized spacial score (nSPS) is 13.9. The molecule has 0 aliphatic carbocycles. The van der Waals surface area contributed by atoms with E-state index in [9.17, 15) is 24.0 Å². The van der Waals surface area contributed by atoms with Gasteiger partial charge < -0.3 is 43.4 Å². The van der Waals surface area contributed by atoms with Crippen molar-refractivity contribution in [3.63, 3.8) is 0 Å². The molecule has 14 heteroatoms. The molecule has 0 saturated carbocycles. The summed E-state index contributed by atoms with van der Waals surface area (Å²) in [4.78, 5) is 67.0. The molecular formula is C59H110N2O12. The van der Waals surface area contributed by atoms with E-state index in [1.54, 1.807) is 0 Å². The Morgan fingerprint density at radius 3 is 1.49 bits per heavy atom. The molecule has 1 aliphatic rings. The van der Waals surface area contributed by atoms with Gasteiger partial charge in [-0.25, -0.2) is 4.79 Å². The maximum Gasteiger partial charge on any atom is 0.407 e. The number of carbonyl (C=O) groups is 5. The summed E-state index contributed by atoms with van der Waals surface area (Å²) in [6.45, 7) is 15.5. The van der Waals surface area contributed by atoms with Crippen molar-refractivity contribution in [1.82, 2.24) is 10.2 Å². The first-order valence-corrected chi connectivity index (χ1v) is 30.2. The largest absolute Gasteiger partial charge is 0.466 e. The number of nitrogens with zero attached hydrogens (tertiary/aromatic N) is 1. The molecular weight excluding hydrogens is 929 g/mol. The molecule has 0 radical (unpaired) electrons. The predicted octanol–water partition coefficient (Wildman–Crippen LogP) is 13.9. The lowest BCUT2D eigenvalue weighted by molar-refractivity contribution is -0.162. The zero-order valence-corrected chi connectivity index (χ0v) is 47.5. The molecule has 0 aromatic heterocycles. The summed E-state index contributed by atoms with van der Waals surface area (Å²) < 4.78 is 40.7. The zero-order chi connectivity index (χ0) is 53.3. The Hall–Kier alpha value is -2.97. The highest BCUT2D eigenvalue weighted by molar-refractivity contribution is 5.71. The number of carbonyl (C=O) groups excluding carboxylic acids is 5. The molecule has 1 saturated heterocycles. The lowest BCUT2D eigenvalue weighted by Gasteiger charge is -2.21. The molecule has 0 aromatic carbocycles. The minimum Gasteiger partial charge on any atom is -0.466 e. The summed E-state index contributed by atoms with van der Waals surface area (Å²) in [5.74, 6) is -1.67. The summed E-state index contributed by atoms with van der Waals surface area (Å²) in [7, 11) is 0. The van der Waals surface area contributed by atoms with Gasteiger partial charge in [-0.3, -0.25) is 19.2 Å². The van der Waals surface area contributed by atoms with Crippen LogP contribution in [0.5, 0.6) is 0 Å². The van der Waals surface area contributed by atoms with Crippen molar-refractivity contribution >= 4 is 30.0 Å². The van der Waals surface area contributed by atoms with Gasteiger partial charge in [-0.05, 0) is 96.1 Å². The Balaban J connectivity index is 2.80. The monoisotopic (exact) mass is 1040 g/mol. The maximum absolute atomic E-state index is 13.2. The number of esters is 4. The molecule has 1 heterocycles. The fourth-order valence-corrected chi connectivity index (χ4v) is 9.05. The molecule has 73 heavy (non-hydrogen) atoms. The van der Waals surface area contributed by atoms with E-state index in [1.807, 2.05) is 0 Å². The van der Waals surface area contributed by atoms with Crippen LogP contribution >= 0.6 is 0 Å². The van der Waals surface area contributed by atoms with Crippen LogP contribution in [0.1, 0.15) is 259 Å². The first-order chi connectivity index (χ1) is 35.6. The Bertz CT molecular complexity index is 1310. The number of nitrogens with one attached hydrogen (secondary N) is 1. The van der Waals surface area contributed by atoms with Crippen LogP contribution in [0.2, 0.25) is 0 Å². The number of alkyl carbamates (subject to hydrolysis) is 1. The average molecular weight is 1040 g/mol. The SMILES string of the molecule is CCCCCCCCOC(CCC(=O)OCC(COC(=O)CCCCCOC(=O)CC(CCCC)CCCCC)COC(=O)CCC(CCCCCC)OC(=O)NCCN1CCCC1)OCCCCCCCC. The second-order valence-corrected chi connectivity index (χ2v) is 20.8. The number of likely N-dealkylation sites (tertiary alicyclic amines) is 1. The van der Waals surface area contributed by atoms with E-state index in [0.717, 1.165) is 110 Å². The average Bonchev–Trinajstić information content (AvgIpc) is 3.91. The van der Waals surface area contributed by atoms with Gasteiger partial charge in [0.1, 0.15) is 25.9 Å². The van der Waals surface area contributed by atoms with Gasteiger partial charge in [-0.15, -0.1) is 0 Å². The smallest absolute Gasteiger partial charge is 0.407 e. The third-order valence-electron chi connectivity index (χ3n) is 13.8. The van der Waals surface area contributed by atoms with Gasteiger partial charge >= 0.3 is 30.0 Å². The van der Waals surface area contributed by atoms with Crippen LogP contribution in [0.4, 0.5) is 4.79 Å². The molecule has 14 nitrogen and oxygen atoms in total. The minimum absolute atomic E-state index is 0.0401. The van der Waals surface area contributed by atoms with E-state index in [4.69, 9.17) is 33.2 Å². The molecule has 428 valence electrons. The number of hydrogen-bond acceptors (Lipinski definition) is 13. The Morgan fingerprint density at radius 2 is 0.904 bits per heavy atom. The second kappa shape index (κ2) is 49.9. The van der Waals surface area contributed by atoms with Crippen molar-refractivity contribution < 1.29 is 57.1 Å². The highest BCUT2D eigenvalue weighted by Crippen LogP contribution is 2.22. The van der Waals surface area contributed by atoms with E-state index in [1.165, 1.54) is 70.6 Å². The van der Waals surface area contributed by atoms with Crippen LogP contribution < -0.4 is 5.32 Å². The van der Waals surface area contributed by atoms with E-state index < -0.39 is 42.3 Å². The van der Waals surface area contributed by atoms with Crippen LogP contribution in [0, 0.1) is 11.8 Å². The fraction of sp³-hybridized carbons (Fsp3) is 0.915. The quantitative estimate of drug-likeness (QED) is 0.0265. The zero-order valence-electron chi connectivity index (χ0n) is 47.5. The molecule has 0 spiro atoms. The summed E-state index contributed by atoms with van der Waals surface area (Å²) in [6.07, 6.45) is 30.7. The Labute approximate surface area is 445 Å². The van der Waals surface area contributed by atoms with Crippen LogP contribution in [0.25, 0.3) is 0 Å². The van der Waals surface area contributed by atoms with Crippen LogP contribution in [-0.2, 0) is 52.3 Å². The van der Waals surface area contributed by atoms with Crippen molar-refractivity contribution in [2.75, 3.05) is 65.8 Å². The number of ether oxygens (including phenoxy) is 7. The molecule has 3 unspecified atom stereocenters. The van der Waals surface area contributed by atoms with Crippen molar-refractivity contribution in [2.45, 2.75) is 272 Å². The number of amides is 1. The van der Waals surface area contributed by atoms with Crippen molar-refractivity contribution in [3.05, 3.63) is 0 Å².